The smallest absolute Gasteiger partial charge is 0.252 e. The standard InChI is InChI=1S/C11H17N5O.ClH/c12-11(13)16-7-2-1-6-15-10(17)9-4-3-5-14-8-9;/h3-5,8H,1-2,6-7H2,(H,15,17)(H4,12,13,16);1H. The average Bonchev–Trinajstić information content (AvgIpc) is 2.34. The molecule has 1 rings (SSSR count). The highest BCUT2D eigenvalue weighted by molar-refractivity contribution is 5.93. The minimum Gasteiger partial charge on any atom is -0.370 e. The van der Waals surface area contributed by atoms with Crippen LogP contribution in [-0.2, 0) is 0 Å². The molecule has 100 valence electrons. The lowest BCUT2D eigenvalue weighted by atomic mass is 10.2. The number of nitrogens with zero attached hydrogens (tertiary/aromatic N) is 2. The second kappa shape index (κ2) is 9.23. The van der Waals surface area contributed by atoms with Gasteiger partial charge in [0.05, 0.1) is 5.56 Å². The number of carbonyl (C=O) groups excluding carboxylic acids is 1. The monoisotopic (exact) mass is 271 g/mol. The Morgan fingerprint density at radius 3 is 2.78 bits per heavy atom. The Hall–Kier alpha value is -1.82. The number of rotatable bonds is 6. The molecular weight excluding hydrogens is 254 g/mol. The van der Waals surface area contributed by atoms with Gasteiger partial charge in [-0.15, -0.1) is 12.4 Å². The van der Waals surface area contributed by atoms with Gasteiger partial charge < -0.3 is 16.8 Å². The number of hydrogen-bond donors (Lipinski definition) is 3. The first-order valence-electron chi connectivity index (χ1n) is 5.44. The molecular formula is C11H18ClN5O. The van der Waals surface area contributed by atoms with Crippen molar-refractivity contribution >= 4 is 24.3 Å². The zero-order valence-electron chi connectivity index (χ0n) is 10.0. The van der Waals surface area contributed by atoms with E-state index in [-0.39, 0.29) is 24.3 Å². The summed E-state index contributed by atoms with van der Waals surface area (Å²) in [6.07, 6.45) is 4.84. The summed E-state index contributed by atoms with van der Waals surface area (Å²) in [5.74, 6) is -0.00987. The molecule has 1 heterocycles. The zero-order chi connectivity index (χ0) is 12.5. The summed E-state index contributed by atoms with van der Waals surface area (Å²) >= 11 is 0. The molecule has 0 radical (unpaired) electrons. The molecule has 0 unspecified atom stereocenters. The van der Waals surface area contributed by atoms with Gasteiger partial charge in [-0.2, -0.15) is 0 Å². The predicted molar refractivity (Wildman–Crippen MR) is 73.7 cm³/mol. The molecule has 1 aromatic rings. The third-order valence-electron chi connectivity index (χ3n) is 2.09. The van der Waals surface area contributed by atoms with Gasteiger partial charge >= 0.3 is 0 Å². The number of hydrogen-bond acceptors (Lipinski definition) is 3. The fourth-order valence-electron chi connectivity index (χ4n) is 1.25. The number of amides is 1. The zero-order valence-corrected chi connectivity index (χ0v) is 10.8. The first-order valence-corrected chi connectivity index (χ1v) is 5.44. The molecule has 6 nitrogen and oxygen atoms in total. The van der Waals surface area contributed by atoms with Crippen LogP contribution in [0.15, 0.2) is 29.5 Å². The van der Waals surface area contributed by atoms with Crippen LogP contribution in [0.4, 0.5) is 0 Å². The van der Waals surface area contributed by atoms with Crippen LogP contribution in [0.25, 0.3) is 0 Å². The number of aliphatic imine (C=N–C) groups is 1. The second-order valence-electron chi connectivity index (χ2n) is 3.51. The molecule has 0 fully saturated rings. The largest absolute Gasteiger partial charge is 0.370 e. The molecule has 0 aromatic carbocycles. The van der Waals surface area contributed by atoms with E-state index in [0.29, 0.717) is 18.7 Å². The Kier molecular flexibility index (Phi) is 8.30. The summed E-state index contributed by atoms with van der Waals surface area (Å²) in [6, 6.07) is 3.45. The summed E-state index contributed by atoms with van der Waals surface area (Å²) in [5, 5.41) is 2.80. The third-order valence-corrected chi connectivity index (χ3v) is 2.09. The quantitative estimate of drug-likeness (QED) is 0.393. The van der Waals surface area contributed by atoms with Gasteiger partial charge in [0.1, 0.15) is 0 Å². The Labute approximate surface area is 112 Å². The Bertz CT molecular complexity index is 378. The highest BCUT2D eigenvalue weighted by atomic mass is 35.5. The maximum atomic E-state index is 11.6. The molecule has 7 heteroatoms. The summed E-state index contributed by atoms with van der Waals surface area (Å²) in [4.78, 5) is 19.3. The van der Waals surface area contributed by atoms with E-state index in [9.17, 15) is 4.79 Å². The normalized spacial score (nSPS) is 9.11. The van der Waals surface area contributed by atoms with E-state index in [1.165, 1.54) is 6.20 Å². The van der Waals surface area contributed by atoms with Crippen molar-refractivity contribution in [3.63, 3.8) is 0 Å². The molecule has 1 aromatic heterocycles. The molecule has 0 atom stereocenters. The third kappa shape index (κ3) is 6.70. The van der Waals surface area contributed by atoms with Gasteiger partial charge in [0, 0.05) is 25.5 Å². The van der Waals surface area contributed by atoms with Gasteiger partial charge in [-0.05, 0) is 25.0 Å². The molecule has 0 spiro atoms. The lowest BCUT2D eigenvalue weighted by Gasteiger charge is -2.03. The van der Waals surface area contributed by atoms with Crippen LogP contribution in [0.2, 0.25) is 0 Å². The summed E-state index contributed by atoms with van der Waals surface area (Å²) < 4.78 is 0. The number of carbonyl (C=O) groups is 1. The first kappa shape index (κ1) is 16.2. The van der Waals surface area contributed by atoms with E-state index in [1.807, 2.05) is 0 Å². The van der Waals surface area contributed by atoms with E-state index < -0.39 is 0 Å². The molecule has 18 heavy (non-hydrogen) atoms. The van der Waals surface area contributed by atoms with Gasteiger partial charge in [-0.3, -0.25) is 14.8 Å². The fourth-order valence-corrected chi connectivity index (χ4v) is 1.25. The average molecular weight is 272 g/mol. The number of nitrogens with two attached hydrogens (primary N) is 2. The molecule has 0 aliphatic rings. The van der Waals surface area contributed by atoms with Gasteiger partial charge in [-0.1, -0.05) is 0 Å². The van der Waals surface area contributed by atoms with Crippen LogP contribution in [0.3, 0.4) is 0 Å². The minimum atomic E-state index is -0.111. The van der Waals surface area contributed by atoms with Crippen molar-refractivity contribution in [2.24, 2.45) is 16.5 Å². The van der Waals surface area contributed by atoms with Crippen molar-refractivity contribution in [2.75, 3.05) is 13.1 Å². The Morgan fingerprint density at radius 1 is 1.39 bits per heavy atom. The number of guanidine groups is 1. The van der Waals surface area contributed by atoms with Crippen LogP contribution in [0.1, 0.15) is 23.2 Å². The molecule has 0 saturated carbocycles. The first-order chi connectivity index (χ1) is 8.20. The number of nitrogens with one attached hydrogen (secondary N) is 1. The highest BCUT2D eigenvalue weighted by Gasteiger charge is 2.02. The second-order valence-corrected chi connectivity index (χ2v) is 3.51. The Balaban J connectivity index is 0.00000289. The van der Waals surface area contributed by atoms with Crippen LogP contribution < -0.4 is 16.8 Å². The van der Waals surface area contributed by atoms with Crippen LogP contribution in [0.5, 0.6) is 0 Å². The maximum absolute atomic E-state index is 11.6. The SMILES string of the molecule is Cl.NC(N)=NCCCCNC(=O)c1cccnc1. The van der Waals surface area contributed by atoms with Crippen molar-refractivity contribution in [3.05, 3.63) is 30.1 Å². The lowest BCUT2D eigenvalue weighted by molar-refractivity contribution is 0.0952. The van der Waals surface area contributed by atoms with E-state index in [4.69, 9.17) is 11.5 Å². The maximum Gasteiger partial charge on any atom is 0.252 e. The molecule has 0 bridgehead atoms. The molecule has 0 aliphatic carbocycles. The van der Waals surface area contributed by atoms with E-state index in [2.05, 4.69) is 15.3 Å². The van der Waals surface area contributed by atoms with Crippen molar-refractivity contribution in [3.8, 4) is 0 Å². The Morgan fingerprint density at radius 2 is 2.17 bits per heavy atom. The van der Waals surface area contributed by atoms with E-state index >= 15 is 0 Å². The van der Waals surface area contributed by atoms with Crippen LogP contribution in [0, 0.1) is 0 Å². The van der Waals surface area contributed by atoms with Crippen LogP contribution >= 0.6 is 12.4 Å². The van der Waals surface area contributed by atoms with Gasteiger partial charge in [0.2, 0.25) is 0 Å². The molecule has 0 aliphatic heterocycles. The van der Waals surface area contributed by atoms with Crippen molar-refractivity contribution < 1.29 is 4.79 Å². The highest BCUT2D eigenvalue weighted by Crippen LogP contribution is 1.95. The van der Waals surface area contributed by atoms with Gasteiger partial charge in [0.25, 0.3) is 5.91 Å². The van der Waals surface area contributed by atoms with E-state index in [0.717, 1.165) is 12.8 Å². The van der Waals surface area contributed by atoms with Crippen molar-refractivity contribution in [2.45, 2.75) is 12.8 Å². The summed E-state index contributed by atoms with van der Waals surface area (Å²) in [6.45, 7) is 1.19. The van der Waals surface area contributed by atoms with Crippen molar-refractivity contribution in [1.29, 1.82) is 0 Å². The fraction of sp³-hybridized carbons (Fsp3) is 0.364. The summed E-state index contributed by atoms with van der Waals surface area (Å²) in [7, 11) is 0. The van der Waals surface area contributed by atoms with Crippen LogP contribution in [-0.4, -0.2) is 29.9 Å². The van der Waals surface area contributed by atoms with Gasteiger partial charge in [0.15, 0.2) is 5.96 Å². The molecule has 1 amide bonds. The predicted octanol–water partition coefficient (Wildman–Crippen LogP) is 0.287. The number of halogens is 1. The van der Waals surface area contributed by atoms with Gasteiger partial charge in [-0.25, -0.2) is 0 Å². The van der Waals surface area contributed by atoms with E-state index in [1.54, 1.807) is 18.3 Å². The number of aromatic nitrogens is 1. The lowest BCUT2D eigenvalue weighted by Crippen LogP contribution is -2.25. The topological polar surface area (TPSA) is 106 Å². The molecule has 0 saturated heterocycles. The molecule has 5 N–H and O–H groups in total. The van der Waals surface area contributed by atoms with Crippen molar-refractivity contribution in [1.82, 2.24) is 10.3 Å². The number of pyridine rings is 1. The minimum absolute atomic E-state index is 0. The number of unbranched alkanes of at least 4 members (excludes halogenated alkanes) is 1. The summed E-state index contributed by atoms with van der Waals surface area (Å²) in [5.41, 5.74) is 10.9.